The number of rotatable bonds is 5. The topological polar surface area (TPSA) is 88.4 Å². The van der Waals surface area contributed by atoms with Crippen LogP contribution in [0.3, 0.4) is 0 Å². The first-order valence-electron chi connectivity index (χ1n) is 5.38. The van der Waals surface area contributed by atoms with Gasteiger partial charge in [0.05, 0.1) is 12.7 Å². The third kappa shape index (κ3) is 3.38. The largest absolute Gasteiger partial charge is 0.388 e. The van der Waals surface area contributed by atoms with Gasteiger partial charge in [0.25, 0.3) is 0 Å². The van der Waals surface area contributed by atoms with Crippen LogP contribution in [-0.2, 0) is 14.2 Å². The second-order valence-corrected chi connectivity index (χ2v) is 3.90. The van der Waals surface area contributed by atoms with Crippen molar-refractivity contribution in [1.29, 1.82) is 0 Å². The fourth-order valence-corrected chi connectivity index (χ4v) is 1.55. The van der Waals surface area contributed by atoms with Crippen molar-refractivity contribution >= 4 is 0 Å². The number of ether oxygens (including phenoxy) is 3. The normalized spacial score (nSPS) is 39.9. The van der Waals surface area contributed by atoms with Gasteiger partial charge >= 0.3 is 0 Å². The van der Waals surface area contributed by atoms with Gasteiger partial charge in [0.1, 0.15) is 18.3 Å². The molecule has 1 heterocycles. The van der Waals surface area contributed by atoms with Crippen molar-refractivity contribution in [2.75, 3.05) is 20.3 Å². The molecule has 0 aromatic rings. The number of aliphatic hydroxyl groups excluding tert-OH is 3. The molecule has 0 spiro atoms. The number of aliphatic hydroxyl groups is 3. The standard InChI is InChI=1S/C10H20O6/c1-6-7(11)8(12)9(13)10(16-6)15-5-3-4-14-2/h6-13H,3-5H2,1-2H3/t6-,7-,8+,9-,10+/m1/s1. The Balaban J connectivity index is 2.35. The van der Waals surface area contributed by atoms with Crippen molar-refractivity contribution in [3.05, 3.63) is 0 Å². The molecule has 0 aromatic heterocycles. The van der Waals surface area contributed by atoms with E-state index in [-0.39, 0.29) is 0 Å². The Morgan fingerprint density at radius 2 is 1.75 bits per heavy atom. The molecule has 0 radical (unpaired) electrons. The zero-order chi connectivity index (χ0) is 12.1. The number of hydrogen-bond donors (Lipinski definition) is 3. The molecule has 6 heteroatoms. The molecule has 0 unspecified atom stereocenters. The van der Waals surface area contributed by atoms with E-state index in [0.29, 0.717) is 19.6 Å². The second kappa shape index (κ2) is 6.48. The van der Waals surface area contributed by atoms with E-state index in [1.807, 2.05) is 0 Å². The SMILES string of the molecule is COCCCO[C@H]1O[C@H](C)[C@@H](O)[C@H](O)[C@H]1O. The van der Waals surface area contributed by atoms with Crippen LogP contribution in [-0.4, -0.2) is 66.3 Å². The van der Waals surface area contributed by atoms with Gasteiger partial charge in [-0.05, 0) is 13.3 Å². The summed E-state index contributed by atoms with van der Waals surface area (Å²) in [5.74, 6) is 0. The molecule has 1 fully saturated rings. The Hall–Kier alpha value is -0.240. The van der Waals surface area contributed by atoms with Crippen molar-refractivity contribution in [3.8, 4) is 0 Å². The van der Waals surface area contributed by atoms with E-state index in [4.69, 9.17) is 14.2 Å². The Labute approximate surface area is 94.7 Å². The highest BCUT2D eigenvalue weighted by atomic mass is 16.7. The van der Waals surface area contributed by atoms with Crippen LogP contribution < -0.4 is 0 Å². The van der Waals surface area contributed by atoms with E-state index in [2.05, 4.69) is 0 Å². The van der Waals surface area contributed by atoms with Gasteiger partial charge < -0.3 is 29.5 Å². The minimum Gasteiger partial charge on any atom is -0.388 e. The lowest BCUT2D eigenvalue weighted by atomic mass is 10.0. The van der Waals surface area contributed by atoms with Crippen LogP contribution in [0.5, 0.6) is 0 Å². The molecule has 0 aromatic carbocycles. The molecule has 1 aliphatic rings. The van der Waals surface area contributed by atoms with Crippen molar-refractivity contribution in [3.63, 3.8) is 0 Å². The Morgan fingerprint density at radius 3 is 2.38 bits per heavy atom. The first-order valence-corrected chi connectivity index (χ1v) is 5.38. The summed E-state index contributed by atoms with van der Waals surface area (Å²) in [6.07, 6.45) is -4.34. The molecule has 16 heavy (non-hydrogen) atoms. The highest BCUT2D eigenvalue weighted by molar-refractivity contribution is 4.87. The van der Waals surface area contributed by atoms with Crippen LogP contribution >= 0.6 is 0 Å². The van der Waals surface area contributed by atoms with Gasteiger partial charge in [0.15, 0.2) is 6.29 Å². The molecule has 3 N–H and O–H groups in total. The molecule has 0 aliphatic carbocycles. The first-order chi connectivity index (χ1) is 7.57. The Bertz CT molecular complexity index is 200. The molecule has 0 bridgehead atoms. The molecule has 1 saturated heterocycles. The molecule has 1 rings (SSSR count). The average Bonchev–Trinajstić information content (AvgIpc) is 2.28. The van der Waals surface area contributed by atoms with E-state index in [1.165, 1.54) is 0 Å². The van der Waals surface area contributed by atoms with Crippen LogP contribution in [0, 0.1) is 0 Å². The van der Waals surface area contributed by atoms with Gasteiger partial charge in [-0.25, -0.2) is 0 Å². The number of hydrogen-bond acceptors (Lipinski definition) is 6. The number of methoxy groups -OCH3 is 1. The lowest BCUT2D eigenvalue weighted by Gasteiger charge is -2.38. The van der Waals surface area contributed by atoms with Gasteiger partial charge in [0.2, 0.25) is 0 Å². The van der Waals surface area contributed by atoms with Crippen molar-refractivity contribution in [2.45, 2.75) is 44.1 Å². The fourth-order valence-electron chi connectivity index (χ4n) is 1.55. The van der Waals surface area contributed by atoms with Crippen LogP contribution in [0.15, 0.2) is 0 Å². The molecule has 5 atom stereocenters. The van der Waals surface area contributed by atoms with E-state index in [9.17, 15) is 15.3 Å². The highest BCUT2D eigenvalue weighted by Crippen LogP contribution is 2.21. The quantitative estimate of drug-likeness (QED) is 0.523. The zero-order valence-electron chi connectivity index (χ0n) is 9.57. The predicted molar refractivity (Wildman–Crippen MR) is 54.8 cm³/mol. The molecule has 1 aliphatic heterocycles. The van der Waals surface area contributed by atoms with Gasteiger partial charge in [0, 0.05) is 13.7 Å². The van der Waals surface area contributed by atoms with Gasteiger partial charge in [-0.15, -0.1) is 0 Å². The van der Waals surface area contributed by atoms with Crippen LogP contribution in [0.25, 0.3) is 0 Å². The van der Waals surface area contributed by atoms with Gasteiger partial charge in [-0.1, -0.05) is 0 Å². The summed E-state index contributed by atoms with van der Waals surface area (Å²) in [5.41, 5.74) is 0. The summed E-state index contributed by atoms with van der Waals surface area (Å²) in [7, 11) is 1.59. The summed E-state index contributed by atoms with van der Waals surface area (Å²) in [4.78, 5) is 0. The smallest absolute Gasteiger partial charge is 0.186 e. The summed E-state index contributed by atoms with van der Waals surface area (Å²) in [5, 5.41) is 28.5. The molecule has 96 valence electrons. The molecular formula is C10H20O6. The summed E-state index contributed by atoms with van der Waals surface area (Å²) in [6, 6.07) is 0. The second-order valence-electron chi connectivity index (χ2n) is 3.90. The van der Waals surface area contributed by atoms with Crippen LogP contribution in [0.2, 0.25) is 0 Å². The summed E-state index contributed by atoms with van der Waals surface area (Å²) < 4.78 is 15.3. The van der Waals surface area contributed by atoms with Gasteiger partial charge in [-0.3, -0.25) is 0 Å². The van der Waals surface area contributed by atoms with E-state index < -0.39 is 30.7 Å². The average molecular weight is 236 g/mol. The minimum atomic E-state index is -1.24. The van der Waals surface area contributed by atoms with Crippen molar-refractivity contribution in [2.24, 2.45) is 0 Å². The first kappa shape index (κ1) is 13.8. The predicted octanol–water partition coefficient (Wildman–Crippen LogP) is -1.13. The monoisotopic (exact) mass is 236 g/mol. The minimum absolute atomic E-state index is 0.366. The third-order valence-electron chi connectivity index (χ3n) is 2.58. The summed E-state index contributed by atoms with van der Waals surface area (Å²) >= 11 is 0. The van der Waals surface area contributed by atoms with Crippen molar-refractivity contribution in [1.82, 2.24) is 0 Å². The van der Waals surface area contributed by atoms with Crippen molar-refractivity contribution < 1.29 is 29.5 Å². The Kier molecular flexibility index (Phi) is 5.60. The van der Waals surface area contributed by atoms with E-state index >= 15 is 0 Å². The van der Waals surface area contributed by atoms with E-state index in [0.717, 1.165) is 0 Å². The van der Waals surface area contributed by atoms with E-state index in [1.54, 1.807) is 14.0 Å². The molecule has 6 nitrogen and oxygen atoms in total. The lowest BCUT2D eigenvalue weighted by molar-refractivity contribution is -0.293. The maximum absolute atomic E-state index is 9.59. The maximum Gasteiger partial charge on any atom is 0.186 e. The summed E-state index contributed by atoms with van der Waals surface area (Å²) in [6.45, 7) is 2.54. The van der Waals surface area contributed by atoms with Crippen LogP contribution in [0.4, 0.5) is 0 Å². The molecular weight excluding hydrogens is 216 g/mol. The maximum atomic E-state index is 9.59. The Morgan fingerprint density at radius 1 is 1.06 bits per heavy atom. The molecule has 0 amide bonds. The van der Waals surface area contributed by atoms with Gasteiger partial charge in [-0.2, -0.15) is 0 Å². The highest BCUT2D eigenvalue weighted by Gasteiger charge is 2.42. The van der Waals surface area contributed by atoms with Crippen LogP contribution in [0.1, 0.15) is 13.3 Å². The zero-order valence-corrected chi connectivity index (χ0v) is 9.57. The third-order valence-corrected chi connectivity index (χ3v) is 2.58. The lowest BCUT2D eigenvalue weighted by Crippen LogP contribution is -2.57. The molecule has 0 saturated carbocycles. The fraction of sp³-hybridized carbons (Fsp3) is 1.00.